The highest BCUT2D eigenvalue weighted by molar-refractivity contribution is 5.97. The summed E-state index contributed by atoms with van der Waals surface area (Å²) < 4.78 is 10.6. The second-order valence-electron chi connectivity index (χ2n) is 4.81. The topological polar surface area (TPSA) is 47.6 Å². The third-order valence-corrected chi connectivity index (χ3v) is 3.56. The molecular formula is C13H15NO3. The largest absolute Gasteiger partial charge is 0.491 e. The van der Waals surface area contributed by atoms with Crippen LogP contribution in [0.15, 0.2) is 18.2 Å². The quantitative estimate of drug-likeness (QED) is 0.754. The van der Waals surface area contributed by atoms with E-state index in [2.05, 4.69) is 5.32 Å². The molecule has 0 aromatic heterocycles. The predicted molar refractivity (Wildman–Crippen MR) is 63.4 cm³/mol. The molecule has 3 rings (SSSR count). The molecule has 1 saturated carbocycles. The average Bonchev–Trinajstić information content (AvgIpc) is 3.16. The Morgan fingerprint density at radius 2 is 2.29 bits per heavy atom. The summed E-state index contributed by atoms with van der Waals surface area (Å²) in [5.74, 6) is 0.418. The molecule has 1 fully saturated rings. The highest BCUT2D eigenvalue weighted by Gasteiger charge is 2.45. The van der Waals surface area contributed by atoms with Crippen LogP contribution in [0, 0.1) is 5.41 Å². The lowest BCUT2D eigenvalue weighted by Gasteiger charge is -2.11. The van der Waals surface area contributed by atoms with Crippen LogP contribution in [0.4, 0.5) is 5.69 Å². The average molecular weight is 233 g/mol. The Morgan fingerprint density at radius 3 is 3.00 bits per heavy atom. The molecule has 0 saturated heterocycles. The molecular weight excluding hydrogens is 218 g/mol. The minimum atomic E-state index is -0.329. The summed E-state index contributed by atoms with van der Waals surface area (Å²) in [6.07, 6.45) is 2.39. The van der Waals surface area contributed by atoms with Gasteiger partial charge in [0.2, 0.25) is 0 Å². The smallest absolute Gasteiger partial charge is 0.340 e. The van der Waals surface area contributed by atoms with E-state index in [1.807, 2.05) is 12.1 Å². The van der Waals surface area contributed by atoms with Gasteiger partial charge in [-0.1, -0.05) is 6.07 Å². The van der Waals surface area contributed by atoms with E-state index in [0.29, 0.717) is 5.56 Å². The van der Waals surface area contributed by atoms with E-state index in [9.17, 15) is 4.79 Å². The number of hydrogen-bond acceptors (Lipinski definition) is 4. The first kappa shape index (κ1) is 10.4. The lowest BCUT2D eigenvalue weighted by Crippen LogP contribution is -2.19. The number of esters is 1. The Morgan fingerprint density at radius 1 is 1.47 bits per heavy atom. The van der Waals surface area contributed by atoms with Gasteiger partial charge < -0.3 is 14.8 Å². The molecule has 90 valence electrons. The van der Waals surface area contributed by atoms with Crippen molar-refractivity contribution < 1.29 is 14.3 Å². The van der Waals surface area contributed by atoms with E-state index in [4.69, 9.17) is 9.47 Å². The summed E-state index contributed by atoms with van der Waals surface area (Å²) >= 11 is 0. The molecule has 2 aliphatic rings. The first-order chi connectivity index (χ1) is 8.24. The first-order valence-electron chi connectivity index (χ1n) is 5.82. The molecule has 1 aromatic rings. The molecule has 0 atom stereocenters. The van der Waals surface area contributed by atoms with Gasteiger partial charge in [0, 0.05) is 12.0 Å². The SMILES string of the molecule is COC(=O)c1cccc2c1NCC1(CC1)CO2. The standard InChI is InChI=1S/C13H15NO3/c1-16-12(15)9-3-2-4-10-11(9)14-7-13(5-6-13)8-17-10/h2-4,14H,5-8H2,1H3. The van der Waals surface area contributed by atoms with Crippen LogP contribution in [0.2, 0.25) is 0 Å². The number of benzene rings is 1. The molecule has 0 bridgehead atoms. The van der Waals surface area contributed by atoms with Crippen molar-refractivity contribution in [3.05, 3.63) is 23.8 Å². The molecule has 1 aliphatic carbocycles. The van der Waals surface area contributed by atoms with E-state index in [1.165, 1.54) is 20.0 Å². The van der Waals surface area contributed by atoms with Gasteiger partial charge in [-0.15, -0.1) is 0 Å². The highest BCUT2D eigenvalue weighted by atomic mass is 16.5. The molecule has 1 spiro atoms. The van der Waals surface area contributed by atoms with Crippen LogP contribution < -0.4 is 10.1 Å². The van der Waals surface area contributed by atoms with Crippen molar-refractivity contribution in [3.8, 4) is 5.75 Å². The molecule has 1 aliphatic heterocycles. The normalized spacial score (nSPS) is 19.6. The first-order valence-corrected chi connectivity index (χ1v) is 5.82. The number of ether oxygens (including phenoxy) is 2. The maximum absolute atomic E-state index is 11.7. The summed E-state index contributed by atoms with van der Waals surface area (Å²) in [6, 6.07) is 5.46. The van der Waals surface area contributed by atoms with Crippen LogP contribution in [-0.4, -0.2) is 26.2 Å². The van der Waals surface area contributed by atoms with Gasteiger partial charge in [-0.25, -0.2) is 4.79 Å². The van der Waals surface area contributed by atoms with Gasteiger partial charge in [0.05, 0.1) is 25.0 Å². The highest BCUT2D eigenvalue weighted by Crippen LogP contribution is 2.48. The predicted octanol–water partition coefficient (Wildman–Crippen LogP) is 2.06. The van der Waals surface area contributed by atoms with Gasteiger partial charge in [0.1, 0.15) is 5.75 Å². The number of carbonyl (C=O) groups is 1. The van der Waals surface area contributed by atoms with Crippen molar-refractivity contribution in [1.82, 2.24) is 0 Å². The zero-order valence-corrected chi connectivity index (χ0v) is 9.79. The Labute approximate surface area is 99.9 Å². The van der Waals surface area contributed by atoms with Crippen molar-refractivity contribution in [3.63, 3.8) is 0 Å². The fourth-order valence-electron chi connectivity index (χ4n) is 2.17. The van der Waals surface area contributed by atoms with E-state index in [1.54, 1.807) is 6.07 Å². The molecule has 0 unspecified atom stereocenters. The molecule has 17 heavy (non-hydrogen) atoms. The molecule has 4 heteroatoms. The second kappa shape index (κ2) is 3.65. The third kappa shape index (κ3) is 1.73. The van der Waals surface area contributed by atoms with E-state index in [0.717, 1.165) is 24.6 Å². The molecule has 1 heterocycles. The minimum Gasteiger partial charge on any atom is -0.491 e. The van der Waals surface area contributed by atoms with Crippen LogP contribution in [0.1, 0.15) is 23.2 Å². The number of hydrogen-bond donors (Lipinski definition) is 1. The summed E-state index contributed by atoms with van der Waals surface area (Å²) in [5.41, 5.74) is 1.60. The van der Waals surface area contributed by atoms with Gasteiger partial charge in [-0.05, 0) is 25.0 Å². The van der Waals surface area contributed by atoms with Crippen LogP contribution >= 0.6 is 0 Å². The minimum absolute atomic E-state index is 0.284. The molecule has 1 N–H and O–H groups in total. The number of anilines is 1. The molecule has 0 amide bonds. The summed E-state index contributed by atoms with van der Waals surface area (Å²) in [6.45, 7) is 1.60. The number of carbonyl (C=O) groups excluding carboxylic acids is 1. The zero-order chi connectivity index (χ0) is 11.9. The maximum Gasteiger partial charge on any atom is 0.340 e. The number of fused-ring (bicyclic) bond motifs is 1. The van der Waals surface area contributed by atoms with E-state index < -0.39 is 0 Å². The molecule has 1 aromatic carbocycles. The Hall–Kier alpha value is -1.71. The number of methoxy groups -OCH3 is 1. The van der Waals surface area contributed by atoms with E-state index in [-0.39, 0.29) is 11.4 Å². The zero-order valence-electron chi connectivity index (χ0n) is 9.79. The third-order valence-electron chi connectivity index (χ3n) is 3.56. The monoisotopic (exact) mass is 233 g/mol. The second-order valence-corrected chi connectivity index (χ2v) is 4.81. The Bertz CT molecular complexity index is 466. The summed E-state index contributed by atoms with van der Waals surface area (Å²) in [4.78, 5) is 11.7. The fourth-order valence-corrected chi connectivity index (χ4v) is 2.17. The molecule has 4 nitrogen and oxygen atoms in total. The van der Waals surface area contributed by atoms with Crippen LogP contribution in [0.3, 0.4) is 0 Å². The van der Waals surface area contributed by atoms with Crippen molar-refractivity contribution in [1.29, 1.82) is 0 Å². The summed E-state index contributed by atoms with van der Waals surface area (Å²) in [5, 5.41) is 3.34. The van der Waals surface area contributed by atoms with Gasteiger partial charge in [0.25, 0.3) is 0 Å². The Kier molecular flexibility index (Phi) is 2.24. The van der Waals surface area contributed by atoms with Gasteiger partial charge in [0.15, 0.2) is 0 Å². The number of rotatable bonds is 1. The van der Waals surface area contributed by atoms with Gasteiger partial charge >= 0.3 is 5.97 Å². The van der Waals surface area contributed by atoms with Crippen molar-refractivity contribution in [2.24, 2.45) is 5.41 Å². The van der Waals surface area contributed by atoms with Gasteiger partial charge in [-0.3, -0.25) is 0 Å². The lowest BCUT2D eigenvalue weighted by atomic mass is 10.1. The van der Waals surface area contributed by atoms with Crippen molar-refractivity contribution in [2.75, 3.05) is 25.6 Å². The maximum atomic E-state index is 11.7. The van der Waals surface area contributed by atoms with Crippen LogP contribution in [-0.2, 0) is 4.74 Å². The van der Waals surface area contributed by atoms with Crippen LogP contribution in [0.25, 0.3) is 0 Å². The fraction of sp³-hybridized carbons (Fsp3) is 0.462. The Balaban J connectivity index is 1.97. The van der Waals surface area contributed by atoms with Crippen molar-refractivity contribution >= 4 is 11.7 Å². The van der Waals surface area contributed by atoms with Crippen molar-refractivity contribution in [2.45, 2.75) is 12.8 Å². The number of nitrogens with one attached hydrogen (secondary N) is 1. The number of para-hydroxylation sites is 1. The molecule has 0 radical (unpaired) electrons. The van der Waals surface area contributed by atoms with Crippen LogP contribution in [0.5, 0.6) is 5.75 Å². The van der Waals surface area contributed by atoms with E-state index >= 15 is 0 Å². The van der Waals surface area contributed by atoms with Gasteiger partial charge in [-0.2, -0.15) is 0 Å². The lowest BCUT2D eigenvalue weighted by molar-refractivity contribution is 0.0601. The summed E-state index contributed by atoms with van der Waals surface area (Å²) in [7, 11) is 1.39.